The van der Waals surface area contributed by atoms with Crippen molar-refractivity contribution in [2.45, 2.75) is 0 Å². The number of amides is 1. The number of nitrogens with one attached hydrogen (secondary N) is 1. The number of carbonyl (C=O) groups excluding carboxylic acids is 1. The van der Waals surface area contributed by atoms with Gasteiger partial charge in [0.15, 0.2) is 0 Å². The lowest BCUT2D eigenvalue weighted by atomic mass is 10.6. The van der Waals surface area contributed by atoms with Gasteiger partial charge < -0.3 is 19.9 Å². The predicted octanol–water partition coefficient (Wildman–Crippen LogP) is -1.24. The number of hydrogen-bond donors (Lipinski definition) is 2. The quantitative estimate of drug-likeness (QED) is 0.477. The van der Waals surface area contributed by atoms with E-state index in [2.05, 4.69) is 5.32 Å². The molecular formula is C7H15NO4. The maximum atomic E-state index is 10.8. The van der Waals surface area contributed by atoms with Crippen LogP contribution in [0.15, 0.2) is 0 Å². The summed E-state index contributed by atoms with van der Waals surface area (Å²) < 4.78 is 9.49. The molecule has 0 unspecified atom stereocenters. The Bertz CT molecular complexity index is 106. The van der Waals surface area contributed by atoms with E-state index in [-0.39, 0.29) is 25.7 Å². The monoisotopic (exact) mass is 177 g/mol. The van der Waals surface area contributed by atoms with Crippen molar-refractivity contribution in [2.24, 2.45) is 0 Å². The topological polar surface area (TPSA) is 67.8 Å². The van der Waals surface area contributed by atoms with E-state index < -0.39 is 0 Å². The summed E-state index contributed by atoms with van der Waals surface area (Å²) in [7, 11) is 1.56. The van der Waals surface area contributed by atoms with E-state index in [1.165, 1.54) is 0 Å². The summed E-state index contributed by atoms with van der Waals surface area (Å²) >= 11 is 0. The first-order valence-corrected chi connectivity index (χ1v) is 3.75. The van der Waals surface area contributed by atoms with Gasteiger partial charge in [-0.1, -0.05) is 0 Å². The fourth-order valence-corrected chi connectivity index (χ4v) is 0.573. The van der Waals surface area contributed by atoms with Crippen molar-refractivity contribution in [1.29, 1.82) is 0 Å². The molecule has 0 radical (unpaired) electrons. The van der Waals surface area contributed by atoms with E-state index in [0.717, 1.165) is 0 Å². The smallest absolute Gasteiger partial charge is 0.246 e. The third-order valence-electron chi connectivity index (χ3n) is 1.10. The second kappa shape index (κ2) is 8.45. The van der Waals surface area contributed by atoms with Crippen LogP contribution in [0.3, 0.4) is 0 Å². The Morgan fingerprint density at radius 3 is 2.83 bits per heavy atom. The zero-order valence-corrected chi connectivity index (χ0v) is 7.21. The molecule has 0 saturated heterocycles. The van der Waals surface area contributed by atoms with Crippen LogP contribution in [0.2, 0.25) is 0 Å². The van der Waals surface area contributed by atoms with Crippen LogP contribution in [0.5, 0.6) is 0 Å². The van der Waals surface area contributed by atoms with Gasteiger partial charge in [0.2, 0.25) is 5.91 Å². The Labute approximate surface area is 71.7 Å². The first-order valence-electron chi connectivity index (χ1n) is 3.75. The summed E-state index contributed by atoms with van der Waals surface area (Å²) in [6, 6.07) is 0. The van der Waals surface area contributed by atoms with Crippen molar-refractivity contribution in [2.75, 3.05) is 40.1 Å². The third-order valence-corrected chi connectivity index (χ3v) is 1.10. The Kier molecular flexibility index (Phi) is 7.99. The highest BCUT2D eigenvalue weighted by atomic mass is 16.5. The minimum Gasteiger partial charge on any atom is -0.394 e. The van der Waals surface area contributed by atoms with Crippen LogP contribution in [-0.4, -0.2) is 51.1 Å². The largest absolute Gasteiger partial charge is 0.394 e. The summed E-state index contributed by atoms with van der Waals surface area (Å²) in [6.07, 6.45) is 0. The number of aliphatic hydroxyl groups excluding tert-OH is 1. The summed E-state index contributed by atoms with van der Waals surface area (Å²) in [4.78, 5) is 10.8. The number of methoxy groups -OCH3 is 1. The Morgan fingerprint density at radius 1 is 1.50 bits per heavy atom. The predicted molar refractivity (Wildman–Crippen MR) is 42.8 cm³/mol. The van der Waals surface area contributed by atoms with E-state index in [1.807, 2.05) is 0 Å². The lowest BCUT2D eigenvalue weighted by Crippen LogP contribution is -2.30. The molecule has 0 aromatic heterocycles. The van der Waals surface area contributed by atoms with E-state index in [9.17, 15) is 4.79 Å². The number of carbonyl (C=O) groups is 1. The van der Waals surface area contributed by atoms with Crippen LogP contribution in [0.4, 0.5) is 0 Å². The molecule has 5 nitrogen and oxygen atoms in total. The molecule has 0 aromatic rings. The third kappa shape index (κ3) is 7.46. The van der Waals surface area contributed by atoms with Crippen molar-refractivity contribution >= 4 is 5.91 Å². The number of ether oxygens (including phenoxy) is 2. The second-order valence-corrected chi connectivity index (χ2v) is 2.12. The molecule has 5 heteroatoms. The van der Waals surface area contributed by atoms with Crippen LogP contribution in [0.1, 0.15) is 0 Å². The summed E-state index contributed by atoms with van der Waals surface area (Å²) in [5.41, 5.74) is 0. The van der Waals surface area contributed by atoms with Gasteiger partial charge in [-0.2, -0.15) is 0 Å². The van der Waals surface area contributed by atoms with Crippen LogP contribution in [-0.2, 0) is 14.3 Å². The summed E-state index contributed by atoms with van der Waals surface area (Å²) in [5.74, 6) is -0.194. The first kappa shape index (κ1) is 11.4. The van der Waals surface area contributed by atoms with Gasteiger partial charge in [-0.3, -0.25) is 4.79 Å². The van der Waals surface area contributed by atoms with E-state index >= 15 is 0 Å². The van der Waals surface area contributed by atoms with Gasteiger partial charge >= 0.3 is 0 Å². The Balaban J connectivity index is 3.10. The summed E-state index contributed by atoms with van der Waals surface area (Å²) in [5, 5.41) is 10.9. The summed E-state index contributed by atoms with van der Waals surface area (Å²) in [6.45, 7) is 1.09. The van der Waals surface area contributed by atoms with Crippen LogP contribution < -0.4 is 5.32 Å². The molecular weight excluding hydrogens is 162 g/mol. The molecule has 0 fully saturated rings. The number of aliphatic hydroxyl groups is 1. The average molecular weight is 177 g/mol. The van der Waals surface area contributed by atoms with Crippen molar-refractivity contribution in [3.63, 3.8) is 0 Å². The van der Waals surface area contributed by atoms with E-state index in [1.54, 1.807) is 7.11 Å². The maximum absolute atomic E-state index is 10.8. The molecule has 0 atom stereocenters. The molecule has 0 aliphatic heterocycles. The molecule has 0 heterocycles. The fraction of sp³-hybridized carbons (Fsp3) is 0.857. The first-order chi connectivity index (χ1) is 5.81. The normalized spacial score (nSPS) is 9.83. The standard InChI is InChI=1S/C7H15NO4/c1-11-4-2-8-7(10)6-12-5-3-9/h9H,2-6H2,1H3,(H,8,10). The number of hydrogen-bond acceptors (Lipinski definition) is 4. The molecule has 72 valence electrons. The zero-order chi connectivity index (χ0) is 9.23. The Morgan fingerprint density at radius 2 is 2.25 bits per heavy atom. The van der Waals surface area contributed by atoms with Gasteiger partial charge in [0, 0.05) is 13.7 Å². The molecule has 0 aromatic carbocycles. The molecule has 0 rings (SSSR count). The van der Waals surface area contributed by atoms with Gasteiger partial charge in [0.05, 0.1) is 19.8 Å². The molecule has 0 saturated carbocycles. The maximum Gasteiger partial charge on any atom is 0.246 e. The molecule has 2 N–H and O–H groups in total. The minimum atomic E-state index is -0.194. The zero-order valence-electron chi connectivity index (χ0n) is 7.21. The second-order valence-electron chi connectivity index (χ2n) is 2.12. The molecule has 1 amide bonds. The van der Waals surface area contributed by atoms with Crippen LogP contribution in [0, 0.1) is 0 Å². The lowest BCUT2D eigenvalue weighted by molar-refractivity contribution is -0.126. The highest BCUT2D eigenvalue weighted by molar-refractivity contribution is 5.77. The molecule has 0 spiro atoms. The average Bonchev–Trinajstić information content (AvgIpc) is 2.06. The van der Waals surface area contributed by atoms with Crippen molar-refractivity contribution < 1.29 is 19.4 Å². The SMILES string of the molecule is COCCNC(=O)COCCO. The van der Waals surface area contributed by atoms with Gasteiger partial charge in [-0.15, -0.1) is 0 Å². The fourth-order valence-electron chi connectivity index (χ4n) is 0.573. The highest BCUT2D eigenvalue weighted by Crippen LogP contribution is 1.74. The van der Waals surface area contributed by atoms with Crippen molar-refractivity contribution in [3.05, 3.63) is 0 Å². The van der Waals surface area contributed by atoms with Crippen LogP contribution in [0.25, 0.3) is 0 Å². The van der Waals surface area contributed by atoms with Crippen molar-refractivity contribution in [1.82, 2.24) is 5.32 Å². The van der Waals surface area contributed by atoms with Gasteiger partial charge in [-0.05, 0) is 0 Å². The highest BCUT2D eigenvalue weighted by Gasteiger charge is 1.98. The van der Waals surface area contributed by atoms with Gasteiger partial charge in [-0.25, -0.2) is 0 Å². The molecule has 0 aliphatic carbocycles. The van der Waals surface area contributed by atoms with Crippen molar-refractivity contribution in [3.8, 4) is 0 Å². The van der Waals surface area contributed by atoms with Crippen LogP contribution >= 0.6 is 0 Å². The van der Waals surface area contributed by atoms with Gasteiger partial charge in [0.25, 0.3) is 0 Å². The molecule has 12 heavy (non-hydrogen) atoms. The van der Waals surface area contributed by atoms with E-state index in [0.29, 0.717) is 13.2 Å². The lowest BCUT2D eigenvalue weighted by Gasteiger charge is -2.03. The van der Waals surface area contributed by atoms with E-state index in [4.69, 9.17) is 14.6 Å². The molecule has 0 aliphatic rings. The molecule has 0 bridgehead atoms. The Hall–Kier alpha value is -0.650. The number of rotatable bonds is 7. The minimum absolute atomic E-state index is 0.00965. The van der Waals surface area contributed by atoms with Gasteiger partial charge in [0.1, 0.15) is 6.61 Å².